The average Bonchev–Trinajstić information content (AvgIpc) is 2.67. The van der Waals surface area contributed by atoms with Crippen molar-refractivity contribution < 1.29 is 27.5 Å². The lowest BCUT2D eigenvalue weighted by Gasteiger charge is -2.12. The summed E-state index contributed by atoms with van der Waals surface area (Å²) in [5.74, 6) is -0.692. The summed E-state index contributed by atoms with van der Waals surface area (Å²) in [4.78, 5) is 23.5. The number of hydrogen-bond acceptors (Lipinski definition) is 6. The van der Waals surface area contributed by atoms with Crippen LogP contribution in [0, 0.1) is 0 Å². The molecule has 0 radical (unpaired) electrons. The zero-order valence-corrected chi connectivity index (χ0v) is 15.9. The van der Waals surface area contributed by atoms with Crippen molar-refractivity contribution in [1.29, 1.82) is 0 Å². The second-order valence-electron chi connectivity index (χ2n) is 5.40. The summed E-state index contributed by atoms with van der Waals surface area (Å²) in [5.41, 5.74) is 0.671. The van der Waals surface area contributed by atoms with E-state index >= 15 is 0 Å². The van der Waals surface area contributed by atoms with Crippen LogP contribution < -0.4 is 14.8 Å². The van der Waals surface area contributed by atoms with Crippen molar-refractivity contribution in [3.63, 3.8) is 0 Å². The highest BCUT2D eigenvalue weighted by atomic mass is 32.2. The summed E-state index contributed by atoms with van der Waals surface area (Å²) in [5, 5.41) is 2.61. The Balaban J connectivity index is 2.32. The van der Waals surface area contributed by atoms with E-state index in [9.17, 15) is 18.0 Å². The van der Waals surface area contributed by atoms with E-state index in [-0.39, 0.29) is 21.9 Å². The van der Waals surface area contributed by atoms with E-state index in [2.05, 4.69) is 14.8 Å². The van der Waals surface area contributed by atoms with Crippen molar-refractivity contribution in [3.8, 4) is 5.75 Å². The van der Waals surface area contributed by atoms with Gasteiger partial charge in [0.15, 0.2) is 0 Å². The molecule has 9 heteroatoms. The second kappa shape index (κ2) is 8.54. The van der Waals surface area contributed by atoms with Gasteiger partial charge in [-0.2, -0.15) is 0 Å². The Morgan fingerprint density at radius 2 is 1.70 bits per heavy atom. The third-order valence-electron chi connectivity index (χ3n) is 3.62. The first kappa shape index (κ1) is 20.2. The molecule has 144 valence electrons. The maximum absolute atomic E-state index is 12.6. The maximum Gasteiger partial charge on any atom is 0.337 e. The van der Waals surface area contributed by atoms with Gasteiger partial charge >= 0.3 is 5.97 Å². The van der Waals surface area contributed by atoms with Gasteiger partial charge < -0.3 is 14.8 Å². The summed E-state index contributed by atoms with van der Waals surface area (Å²) in [6.45, 7) is 2.15. The maximum atomic E-state index is 12.6. The van der Waals surface area contributed by atoms with E-state index in [1.807, 2.05) is 0 Å². The molecule has 2 aromatic carbocycles. The topological polar surface area (TPSA) is 111 Å². The predicted octanol–water partition coefficient (Wildman–Crippen LogP) is 2.03. The summed E-state index contributed by atoms with van der Waals surface area (Å²) < 4.78 is 37.4. The Labute approximate surface area is 157 Å². The molecule has 8 nitrogen and oxygen atoms in total. The molecule has 0 heterocycles. The van der Waals surface area contributed by atoms with E-state index in [0.29, 0.717) is 12.1 Å². The Hall–Kier alpha value is -3.07. The number of sulfonamides is 1. The van der Waals surface area contributed by atoms with Gasteiger partial charge in [-0.05, 0) is 49.4 Å². The first-order valence-corrected chi connectivity index (χ1v) is 9.48. The minimum absolute atomic E-state index is 0.0957. The zero-order chi connectivity index (χ0) is 20.0. The molecule has 0 atom stereocenters. The molecule has 2 aromatic rings. The molecule has 0 unspecified atom stereocenters. The van der Waals surface area contributed by atoms with E-state index < -0.39 is 21.9 Å². The standard InChI is InChI=1S/C18H20N2O6S/c1-4-19-17(21)15-11-14(9-10-16(15)25-2)27(23,24)20-13-7-5-12(6-8-13)18(22)26-3/h5-11,20H,4H2,1-3H3,(H,19,21). The van der Waals surface area contributed by atoms with Crippen LogP contribution in [0.15, 0.2) is 47.4 Å². The van der Waals surface area contributed by atoms with Gasteiger partial charge in [0, 0.05) is 12.2 Å². The first-order valence-electron chi connectivity index (χ1n) is 7.99. The van der Waals surface area contributed by atoms with Crippen LogP contribution in [0.2, 0.25) is 0 Å². The number of carbonyl (C=O) groups is 2. The molecule has 0 saturated carbocycles. The van der Waals surface area contributed by atoms with Crippen LogP contribution in [0.25, 0.3) is 0 Å². The van der Waals surface area contributed by atoms with Gasteiger partial charge in [-0.3, -0.25) is 9.52 Å². The third-order valence-corrected chi connectivity index (χ3v) is 5.00. The monoisotopic (exact) mass is 392 g/mol. The fourth-order valence-corrected chi connectivity index (χ4v) is 3.38. The van der Waals surface area contributed by atoms with E-state index in [4.69, 9.17) is 4.74 Å². The summed E-state index contributed by atoms with van der Waals surface area (Å²) >= 11 is 0. The van der Waals surface area contributed by atoms with Gasteiger partial charge in [0.2, 0.25) is 0 Å². The van der Waals surface area contributed by atoms with Crippen molar-refractivity contribution >= 4 is 27.6 Å². The molecule has 0 aliphatic rings. The van der Waals surface area contributed by atoms with E-state index in [1.165, 1.54) is 56.7 Å². The normalized spacial score (nSPS) is 10.8. The fraction of sp³-hybridized carbons (Fsp3) is 0.222. The van der Waals surface area contributed by atoms with Gasteiger partial charge in [-0.25, -0.2) is 13.2 Å². The number of nitrogens with one attached hydrogen (secondary N) is 2. The number of hydrogen-bond donors (Lipinski definition) is 2. The largest absolute Gasteiger partial charge is 0.496 e. The lowest BCUT2D eigenvalue weighted by atomic mass is 10.2. The second-order valence-corrected chi connectivity index (χ2v) is 7.08. The lowest BCUT2D eigenvalue weighted by molar-refractivity contribution is 0.0600. The van der Waals surface area contributed by atoms with Gasteiger partial charge in [-0.1, -0.05) is 0 Å². The van der Waals surface area contributed by atoms with Crippen LogP contribution in [0.4, 0.5) is 5.69 Å². The molecule has 0 spiro atoms. The Morgan fingerprint density at radius 3 is 2.26 bits per heavy atom. The predicted molar refractivity (Wildman–Crippen MR) is 99.6 cm³/mol. The van der Waals surface area contributed by atoms with Crippen molar-refractivity contribution in [1.82, 2.24) is 5.32 Å². The van der Waals surface area contributed by atoms with Crippen molar-refractivity contribution in [2.24, 2.45) is 0 Å². The highest BCUT2D eigenvalue weighted by Crippen LogP contribution is 2.24. The van der Waals surface area contributed by atoms with Crippen LogP contribution in [0.3, 0.4) is 0 Å². The third kappa shape index (κ3) is 4.76. The summed E-state index contributed by atoms with van der Waals surface area (Å²) in [6, 6.07) is 9.77. The number of benzene rings is 2. The smallest absolute Gasteiger partial charge is 0.337 e. The minimum atomic E-state index is -3.95. The minimum Gasteiger partial charge on any atom is -0.496 e. The molecule has 0 fully saturated rings. The number of carbonyl (C=O) groups excluding carboxylic acids is 2. The molecule has 27 heavy (non-hydrogen) atoms. The molecule has 0 aliphatic heterocycles. The van der Waals surface area contributed by atoms with Crippen molar-refractivity contribution in [2.75, 3.05) is 25.5 Å². The lowest BCUT2D eigenvalue weighted by Crippen LogP contribution is -2.24. The average molecular weight is 392 g/mol. The SMILES string of the molecule is CCNC(=O)c1cc(S(=O)(=O)Nc2ccc(C(=O)OC)cc2)ccc1OC. The van der Waals surface area contributed by atoms with Crippen LogP contribution in [-0.4, -0.2) is 41.1 Å². The highest BCUT2D eigenvalue weighted by Gasteiger charge is 2.20. The van der Waals surface area contributed by atoms with Gasteiger partial charge in [0.1, 0.15) is 5.75 Å². The molecule has 2 rings (SSSR count). The van der Waals surface area contributed by atoms with Gasteiger partial charge in [-0.15, -0.1) is 0 Å². The molecule has 0 saturated heterocycles. The fourth-order valence-electron chi connectivity index (χ4n) is 2.29. The van der Waals surface area contributed by atoms with Crippen molar-refractivity contribution in [2.45, 2.75) is 11.8 Å². The van der Waals surface area contributed by atoms with E-state index in [0.717, 1.165) is 0 Å². The first-order chi connectivity index (χ1) is 12.8. The highest BCUT2D eigenvalue weighted by molar-refractivity contribution is 7.92. The number of methoxy groups -OCH3 is 2. The number of rotatable bonds is 7. The molecular weight excluding hydrogens is 372 g/mol. The van der Waals surface area contributed by atoms with Crippen LogP contribution >= 0.6 is 0 Å². The number of esters is 1. The summed E-state index contributed by atoms with van der Waals surface area (Å²) in [7, 11) is -1.29. The quantitative estimate of drug-likeness (QED) is 0.698. The van der Waals surface area contributed by atoms with E-state index in [1.54, 1.807) is 6.92 Å². The number of ether oxygens (including phenoxy) is 2. The molecular formula is C18H20N2O6S. The van der Waals surface area contributed by atoms with Gasteiger partial charge in [0.05, 0.1) is 30.2 Å². The molecule has 0 aromatic heterocycles. The van der Waals surface area contributed by atoms with Crippen LogP contribution in [-0.2, 0) is 14.8 Å². The Morgan fingerprint density at radius 1 is 1.04 bits per heavy atom. The Kier molecular flexibility index (Phi) is 6.40. The zero-order valence-electron chi connectivity index (χ0n) is 15.1. The van der Waals surface area contributed by atoms with Gasteiger partial charge in [0.25, 0.3) is 15.9 Å². The van der Waals surface area contributed by atoms with Crippen molar-refractivity contribution in [3.05, 3.63) is 53.6 Å². The Bertz CT molecular complexity index is 939. The van der Waals surface area contributed by atoms with Crippen LogP contribution in [0.5, 0.6) is 5.75 Å². The molecule has 0 bridgehead atoms. The van der Waals surface area contributed by atoms with Crippen LogP contribution in [0.1, 0.15) is 27.6 Å². The number of anilines is 1. The molecule has 0 aliphatic carbocycles. The molecule has 2 N–H and O–H groups in total. The molecule has 1 amide bonds. The summed E-state index contributed by atoms with van der Waals surface area (Å²) in [6.07, 6.45) is 0. The number of amides is 1.